The minimum absolute atomic E-state index is 0.722. The number of hydrogen-bond acceptors (Lipinski definition) is 4. The number of allylic oxidation sites excluding steroid dienone is 2. The van der Waals surface area contributed by atoms with Crippen LogP contribution in [-0.4, -0.2) is 44.4 Å². The molecule has 3 rings (SSSR count). The molecular weight excluding hydrogens is 392 g/mol. The molecule has 0 spiro atoms. The molecule has 26 heavy (non-hydrogen) atoms. The Morgan fingerprint density at radius 3 is 2.73 bits per heavy atom. The monoisotopic (exact) mass is 420 g/mol. The van der Waals surface area contributed by atoms with Crippen LogP contribution in [0.25, 0.3) is 6.08 Å². The van der Waals surface area contributed by atoms with E-state index in [1.807, 2.05) is 0 Å². The first-order valence-corrected chi connectivity index (χ1v) is 10.4. The summed E-state index contributed by atoms with van der Waals surface area (Å²) in [5.74, 6) is 0. The average Bonchev–Trinajstić information content (AvgIpc) is 2.66. The number of rotatable bonds is 7. The van der Waals surface area contributed by atoms with Crippen molar-refractivity contribution in [3.05, 3.63) is 51.1 Å². The predicted octanol–water partition coefficient (Wildman–Crippen LogP) is 4.53. The lowest BCUT2D eigenvalue weighted by Gasteiger charge is -2.26. The highest BCUT2D eigenvalue weighted by atomic mass is 79.9. The molecule has 1 aromatic rings. The number of morpholine rings is 1. The Hall–Kier alpha value is -1.14. The van der Waals surface area contributed by atoms with Crippen molar-refractivity contribution < 1.29 is 9.57 Å². The standard InChI is InChI=1S/C21H29BrN2O2/c1-17-4-2-5-19(16-18-6-8-20(22)9-7-18)21(17)23-26-13-3-10-24-11-14-25-15-12-24/h6-9,16,23H,2-5,10-15H2,1H3. The second-order valence-electron chi connectivity index (χ2n) is 6.99. The second kappa shape index (κ2) is 10.3. The van der Waals surface area contributed by atoms with E-state index in [4.69, 9.17) is 9.57 Å². The van der Waals surface area contributed by atoms with Gasteiger partial charge in [-0.15, -0.1) is 0 Å². The third-order valence-electron chi connectivity index (χ3n) is 4.96. The summed E-state index contributed by atoms with van der Waals surface area (Å²) >= 11 is 3.50. The molecule has 1 aliphatic heterocycles. The van der Waals surface area contributed by atoms with Gasteiger partial charge in [-0.1, -0.05) is 28.1 Å². The van der Waals surface area contributed by atoms with Crippen LogP contribution in [0.1, 0.15) is 38.2 Å². The zero-order valence-corrected chi connectivity index (χ0v) is 17.2. The van der Waals surface area contributed by atoms with Crippen LogP contribution in [0.4, 0.5) is 0 Å². The molecule has 1 heterocycles. The summed E-state index contributed by atoms with van der Waals surface area (Å²) in [6.07, 6.45) is 6.74. The molecule has 5 heteroatoms. The molecule has 0 saturated carbocycles. The molecule has 1 aliphatic carbocycles. The fraction of sp³-hybridized carbons (Fsp3) is 0.524. The van der Waals surface area contributed by atoms with Crippen molar-refractivity contribution in [2.75, 3.05) is 39.5 Å². The van der Waals surface area contributed by atoms with E-state index in [1.54, 1.807) is 0 Å². The number of nitrogens with one attached hydrogen (secondary N) is 1. The zero-order valence-electron chi connectivity index (χ0n) is 15.6. The van der Waals surface area contributed by atoms with Crippen LogP contribution < -0.4 is 5.48 Å². The minimum atomic E-state index is 0.722. The maximum absolute atomic E-state index is 5.81. The van der Waals surface area contributed by atoms with Crippen molar-refractivity contribution in [2.24, 2.45) is 0 Å². The van der Waals surface area contributed by atoms with Gasteiger partial charge in [-0.25, -0.2) is 0 Å². The van der Waals surface area contributed by atoms with Gasteiger partial charge in [-0.3, -0.25) is 15.2 Å². The Morgan fingerprint density at radius 1 is 1.19 bits per heavy atom. The lowest BCUT2D eigenvalue weighted by atomic mass is 9.91. The Kier molecular flexibility index (Phi) is 7.74. The quantitative estimate of drug-likeness (QED) is 0.518. The lowest BCUT2D eigenvalue weighted by molar-refractivity contribution is 0.0229. The largest absolute Gasteiger partial charge is 0.379 e. The third kappa shape index (κ3) is 5.95. The average molecular weight is 421 g/mol. The van der Waals surface area contributed by atoms with Gasteiger partial charge in [-0.2, -0.15) is 0 Å². The van der Waals surface area contributed by atoms with Crippen LogP contribution in [0.2, 0.25) is 0 Å². The molecule has 142 valence electrons. The van der Waals surface area contributed by atoms with Gasteiger partial charge in [0, 0.05) is 24.1 Å². The van der Waals surface area contributed by atoms with Crippen LogP contribution in [0, 0.1) is 0 Å². The Morgan fingerprint density at radius 2 is 1.96 bits per heavy atom. The van der Waals surface area contributed by atoms with Gasteiger partial charge >= 0.3 is 0 Å². The van der Waals surface area contributed by atoms with E-state index in [0.717, 1.165) is 63.2 Å². The van der Waals surface area contributed by atoms with E-state index in [9.17, 15) is 0 Å². The van der Waals surface area contributed by atoms with E-state index in [0.29, 0.717) is 0 Å². The van der Waals surface area contributed by atoms with Gasteiger partial charge in [0.15, 0.2) is 0 Å². The number of ether oxygens (including phenoxy) is 1. The molecule has 1 N–H and O–H groups in total. The highest BCUT2D eigenvalue weighted by Crippen LogP contribution is 2.29. The summed E-state index contributed by atoms with van der Waals surface area (Å²) in [5.41, 5.74) is 8.37. The van der Waals surface area contributed by atoms with Gasteiger partial charge in [-0.05, 0) is 67.5 Å². The summed E-state index contributed by atoms with van der Waals surface area (Å²) in [6, 6.07) is 8.45. The summed E-state index contributed by atoms with van der Waals surface area (Å²) in [4.78, 5) is 8.25. The molecule has 0 unspecified atom stereocenters. The van der Waals surface area contributed by atoms with E-state index < -0.39 is 0 Å². The molecule has 2 aliphatic rings. The molecule has 0 amide bonds. The molecule has 4 nitrogen and oxygen atoms in total. The molecule has 1 aromatic carbocycles. The maximum atomic E-state index is 5.81. The minimum Gasteiger partial charge on any atom is -0.379 e. The van der Waals surface area contributed by atoms with Gasteiger partial charge < -0.3 is 4.74 Å². The lowest BCUT2D eigenvalue weighted by Crippen LogP contribution is -2.37. The summed E-state index contributed by atoms with van der Waals surface area (Å²) in [5, 5.41) is 0. The second-order valence-corrected chi connectivity index (χ2v) is 7.90. The van der Waals surface area contributed by atoms with Crippen LogP contribution in [0.5, 0.6) is 0 Å². The van der Waals surface area contributed by atoms with Crippen LogP contribution in [-0.2, 0) is 9.57 Å². The highest BCUT2D eigenvalue weighted by molar-refractivity contribution is 9.10. The Balaban J connectivity index is 1.51. The Labute approximate surface area is 165 Å². The van der Waals surface area contributed by atoms with Gasteiger partial charge in [0.25, 0.3) is 0 Å². The summed E-state index contributed by atoms with van der Waals surface area (Å²) in [7, 11) is 0. The topological polar surface area (TPSA) is 33.7 Å². The van der Waals surface area contributed by atoms with Gasteiger partial charge in [0.05, 0.1) is 25.5 Å². The van der Waals surface area contributed by atoms with Crippen LogP contribution in [0.15, 0.2) is 45.6 Å². The van der Waals surface area contributed by atoms with E-state index in [-0.39, 0.29) is 0 Å². The molecule has 1 saturated heterocycles. The smallest absolute Gasteiger partial charge is 0.0758 e. The van der Waals surface area contributed by atoms with Crippen molar-refractivity contribution in [3.8, 4) is 0 Å². The highest BCUT2D eigenvalue weighted by Gasteiger charge is 2.15. The first-order chi connectivity index (χ1) is 12.7. The van der Waals surface area contributed by atoms with Crippen LogP contribution >= 0.6 is 15.9 Å². The third-order valence-corrected chi connectivity index (χ3v) is 5.48. The van der Waals surface area contributed by atoms with E-state index in [1.165, 1.54) is 28.8 Å². The van der Waals surface area contributed by atoms with Gasteiger partial charge in [0.2, 0.25) is 0 Å². The number of hydrogen-bond donors (Lipinski definition) is 1. The summed E-state index contributed by atoms with van der Waals surface area (Å²) < 4.78 is 6.49. The predicted molar refractivity (Wildman–Crippen MR) is 110 cm³/mol. The first-order valence-electron chi connectivity index (χ1n) is 9.56. The SMILES string of the molecule is CC1=C(NOCCCN2CCOCC2)C(=Cc2ccc(Br)cc2)CCC1. The first kappa shape index (κ1) is 19.6. The number of halogens is 1. The van der Waals surface area contributed by atoms with Crippen molar-refractivity contribution >= 4 is 22.0 Å². The number of benzene rings is 1. The molecule has 0 aromatic heterocycles. The number of nitrogens with zero attached hydrogens (tertiary/aromatic N) is 1. The molecule has 1 fully saturated rings. The van der Waals surface area contributed by atoms with E-state index in [2.05, 4.69) is 63.6 Å². The Bertz CT molecular complexity index is 634. The fourth-order valence-corrected chi connectivity index (χ4v) is 3.70. The van der Waals surface area contributed by atoms with Crippen molar-refractivity contribution in [3.63, 3.8) is 0 Å². The molecular formula is C21H29BrN2O2. The molecule has 0 atom stereocenters. The van der Waals surface area contributed by atoms with Crippen molar-refractivity contribution in [1.29, 1.82) is 0 Å². The normalized spacial score (nSPS) is 20.6. The van der Waals surface area contributed by atoms with Crippen molar-refractivity contribution in [1.82, 2.24) is 10.4 Å². The number of hydroxylamine groups is 1. The fourth-order valence-electron chi connectivity index (χ4n) is 3.43. The van der Waals surface area contributed by atoms with Crippen LogP contribution in [0.3, 0.4) is 0 Å². The van der Waals surface area contributed by atoms with E-state index >= 15 is 0 Å². The maximum Gasteiger partial charge on any atom is 0.0758 e. The summed E-state index contributed by atoms with van der Waals surface area (Å²) in [6.45, 7) is 7.79. The molecule has 0 radical (unpaired) electrons. The molecule has 0 bridgehead atoms. The van der Waals surface area contributed by atoms with Crippen molar-refractivity contribution in [2.45, 2.75) is 32.6 Å². The zero-order chi connectivity index (χ0) is 18.2. The van der Waals surface area contributed by atoms with Gasteiger partial charge in [0.1, 0.15) is 0 Å².